The maximum atomic E-state index is 12.2. The van der Waals surface area contributed by atoms with E-state index in [0.717, 1.165) is 4.88 Å². The summed E-state index contributed by atoms with van der Waals surface area (Å²) < 4.78 is 28.9. The van der Waals surface area contributed by atoms with E-state index in [2.05, 4.69) is 11.9 Å². The average molecular weight is 359 g/mol. The quantitative estimate of drug-likeness (QED) is 0.597. The summed E-state index contributed by atoms with van der Waals surface area (Å²) in [6.45, 7) is 10.2. The Bertz CT molecular complexity index is 718. The fraction of sp³-hybridized carbons (Fsp3) is 0.467. The molecule has 1 unspecified atom stereocenters. The minimum absolute atomic E-state index is 0.213. The fourth-order valence-electron chi connectivity index (χ4n) is 1.85. The Hall–Kier alpha value is -1.67. The molecule has 1 aromatic heterocycles. The van der Waals surface area contributed by atoms with Gasteiger partial charge in [0.05, 0.1) is 17.9 Å². The van der Waals surface area contributed by atoms with E-state index in [1.54, 1.807) is 13.8 Å². The highest BCUT2D eigenvalue weighted by atomic mass is 32.2. The van der Waals surface area contributed by atoms with E-state index >= 15 is 0 Å². The highest BCUT2D eigenvalue weighted by Gasteiger charge is 2.29. The van der Waals surface area contributed by atoms with Gasteiger partial charge in [0.15, 0.2) is 9.84 Å². The summed E-state index contributed by atoms with van der Waals surface area (Å²) in [4.78, 5) is 25.1. The highest BCUT2D eigenvalue weighted by molar-refractivity contribution is 7.92. The molecule has 0 bridgehead atoms. The lowest BCUT2D eigenvalue weighted by Gasteiger charge is -2.12. The number of aryl methyl sites for hydroxylation is 1. The van der Waals surface area contributed by atoms with Crippen molar-refractivity contribution in [2.75, 3.05) is 17.7 Å². The average Bonchev–Trinajstić information content (AvgIpc) is 2.73. The Balaban J connectivity index is 3.10. The first-order valence-corrected chi connectivity index (χ1v) is 9.59. The molecule has 0 spiro atoms. The zero-order valence-corrected chi connectivity index (χ0v) is 15.3. The molecule has 23 heavy (non-hydrogen) atoms. The van der Waals surface area contributed by atoms with Crippen molar-refractivity contribution in [3.63, 3.8) is 0 Å². The van der Waals surface area contributed by atoms with E-state index in [0.29, 0.717) is 10.6 Å². The first-order valence-electron chi connectivity index (χ1n) is 7.06. The van der Waals surface area contributed by atoms with Gasteiger partial charge in [0.1, 0.15) is 10.3 Å². The summed E-state index contributed by atoms with van der Waals surface area (Å²) in [5.74, 6) is -1.50. The maximum Gasteiger partial charge on any atom is 0.341 e. The van der Waals surface area contributed by atoms with Gasteiger partial charge in [-0.1, -0.05) is 6.08 Å². The number of ether oxygens (including phenoxy) is 1. The first-order chi connectivity index (χ1) is 10.7. The number of hydrogen-bond acceptors (Lipinski definition) is 6. The number of amides is 1. The van der Waals surface area contributed by atoms with Crippen LogP contribution in [0.2, 0.25) is 0 Å². The Morgan fingerprint density at radius 3 is 2.52 bits per heavy atom. The molecule has 128 valence electrons. The number of carbonyl (C=O) groups excluding carboxylic acids is 2. The third kappa shape index (κ3) is 4.42. The minimum atomic E-state index is -3.62. The van der Waals surface area contributed by atoms with Crippen LogP contribution < -0.4 is 5.32 Å². The summed E-state index contributed by atoms with van der Waals surface area (Å²) in [5, 5.41) is 1.61. The van der Waals surface area contributed by atoms with E-state index in [1.807, 2.05) is 6.92 Å². The van der Waals surface area contributed by atoms with Crippen molar-refractivity contribution in [3.8, 4) is 0 Å². The lowest BCUT2D eigenvalue weighted by Crippen LogP contribution is -2.33. The van der Waals surface area contributed by atoms with Gasteiger partial charge in [-0.3, -0.25) is 4.79 Å². The maximum absolute atomic E-state index is 12.2. The largest absolute Gasteiger partial charge is 0.462 e. The van der Waals surface area contributed by atoms with Gasteiger partial charge in [-0.15, -0.1) is 17.9 Å². The van der Waals surface area contributed by atoms with Gasteiger partial charge in [0, 0.05) is 4.88 Å². The Morgan fingerprint density at radius 1 is 1.39 bits per heavy atom. The van der Waals surface area contributed by atoms with Crippen LogP contribution in [-0.4, -0.2) is 37.9 Å². The molecule has 1 heterocycles. The van der Waals surface area contributed by atoms with E-state index < -0.39 is 27.0 Å². The minimum Gasteiger partial charge on any atom is -0.462 e. The van der Waals surface area contributed by atoms with E-state index in [4.69, 9.17) is 4.74 Å². The third-order valence-electron chi connectivity index (χ3n) is 3.36. The molecule has 0 aromatic carbocycles. The molecule has 1 aromatic rings. The van der Waals surface area contributed by atoms with Crippen molar-refractivity contribution in [2.45, 2.75) is 32.9 Å². The summed E-state index contributed by atoms with van der Waals surface area (Å²) in [7, 11) is -3.62. The van der Waals surface area contributed by atoms with Crippen molar-refractivity contribution in [1.29, 1.82) is 0 Å². The molecule has 6 nitrogen and oxygen atoms in total. The van der Waals surface area contributed by atoms with Crippen LogP contribution in [0, 0.1) is 13.8 Å². The number of thiophene rings is 1. The molecule has 0 fully saturated rings. The second-order valence-corrected chi connectivity index (χ2v) is 8.55. The Labute approximate surface area is 140 Å². The normalized spacial score (nSPS) is 12.5. The Kier molecular flexibility index (Phi) is 6.52. The summed E-state index contributed by atoms with van der Waals surface area (Å²) in [6, 6.07) is 0. The van der Waals surface area contributed by atoms with Crippen LogP contribution in [0.15, 0.2) is 12.7 Å². The zero-order valence-electron chi connectivity index (χ0n) is 13.6. The lowest BCUT2D eigenvalue weighted by atomic mass is 10.1. The van der Waals surface area contributed by atoms with Crippen LogP contribution in [0.5, 0.6) is 0 Å². The number of carbonyl (C=O) groups is 2. The smallest absolute Gasteiger partial charge is 0.341 e. The summed E-state index contributed by atoms with van der Waals surface area (Å²) in [6.07, 6.45) is 1.24. The van der Waals surface area contributed by atoms with Crippen LogP contribution in [0.1, 0.15) is 34.6 Å². The van der Waals surface area contributed by atoms with E-state index in [1.165, 1.54) is 24.3 Å². The van der Waals surface area contributed by atoms with E-state index in [-0.39, 0.29) is 17.9 Å². The fourth-order valence-corrected chi connectivity index (χ4v) is 3.90. The van der Waals surface area contributed by atoms with Crippen molar-refractivity contribution in [3.05, 3.63) is 28.7 Å². The van der Waals surface area contributed by atoms with Gasteiger partial charge in [-0.05, 0) is 33.3 Å². The summed E-state index contributed by atoms with van der Waals surface area (Å²) in [5.41, 5.74) is 0.987. The molecule has 0 aliphatic carbocycles. The molecule has 1 amide bonds. The molecule has 0 aliphatic heterocycles. The van der Waals surface area contributed by atoms with Crippen LogP contribution >= 0.6 is 11.3 Å². The molecular formula is C15H21NO5S2. The predicted molar refractivity (Wildman–Crippen MR) is 91.8 cm³/mol. The molecule has 0 saturated heterocycles. The molecule has 8 heteroatoms. The summed E-state index contributed by atoms with van der Waals surface area (Å²) >= 11 is 1.22. The van der Waals surface area contributed by atoms with Gasteiger partial charge in [0.25, 0.3) is 0 Å². The molecule has 0 radical (unpaired) electrons. The van der Waals surface area contributed by atoms with Crippen LogP contribution in [0.3, 0.4) is 0 Å². The van der Waals surface area contributed by atoms with Crippen molar-refractivity contribution < 1.29 is 22.7 Å². The third-order valence-corrected chi connectivity index (χ3v) is 6.47. The van der Waals surface area contributed by atoms with Crippen molar-refractivity contribution in [2.24, 2.45) is 0 Å². The number of sulfone groups is 1. The van der Waals surface area contributed by atoms with Gasteiger partial charge in [-0.2, -0.15) is 0 Å². The first kappa shape index (κ1) is 19.4. The number of anilines is 1. The number of hydrogen-bond donors (Lipinski definition) is 1. The van der Waals surface area contributed by atoms with Crippen LogP contribution in [0.25, 0.3) is 0 Å². The van der Waals surface area contributed by atoms with Crippen LogP contribution in [-0.2, 0) is 19.4 Å². The highest BCUT2D eigenvalue weighted by Crippen LogP contribution is 2.33. The SMILES string of the molecule is C=CCS(=O)(=O)C(C)C(=O)Nc1sc(C)c(C)c1C(=O)OCC. The standard InChI is InChI=1S/C15H21NO5S2/c1-6-8-23(19,20)11(5)13(17)16-14-12(15(18)21-7-2)9(3)10(4)22-14/h6,11H,1,7-8H2,2-5H3,(H,16,17). The van der Waals surface area contributed by atoms with Crippen LogP contribution in [0.4, 0.5) is 5.00 Å². The number of nitrogens with one attached hydrogen (secondary N) is 1. The number of rotatable bonds is 7. The topological polar surface area (TPSA) is 89.5 Å². The van der Waals surface area contributed by atoms with Gasteiger partial charge < -0.3 is 10.1 Å². The van der Waals surface area contributed by atoms with Crippen molar-refractivity contribution >= 4 is 38.1 Å². The Morgan fingerprint density at radius 2 is 2.00 bits per heavy atom. The van der Waals surface area contributed by atoms with Crippen molar-refractivity contribution in [1.82, 2.24) is 0 Å². The number of esters is 1. The van der Waals surface area contributed by atoms with E-state index in [9.17, 15) is 18.0 Å². The lowest BCUT2D eigenvalue weighted by molar-refractivity contribution is -0.115. The molecular weight excluding hydrogens is 338 g/mol. The monoisotopic (exact) mass is 359 g/mol. The molecule has 1 atom stereocenters. The van der Waals surface area contributed by atoms with Gasteiger partial charge in [-0.25, -0.2) is 13.2 Å². The zero-order chi connectivity index (χ0) is 17.8. The molecule has 1 N–H and O–H groups in total. The second kappa shape index (κ2) is 7.74. The van der Waals surface area contributed by atoms with Gasteiger partial charge >= 0.3 is 5.97 Å². The molecule has 0 aliphatic rings. The second-order valence-electron chi connectivity index (χ2n) is 4.96. The molecule has 1 rings (SSSR count). The predicted octanol–water partition coefficient (Wildman–Crippen LogP) is 2.47. The van der Waals surface area contributed by atoms with Gasteiger partial charge in [0.2, 0.25) is 5.91 Å². The molecule has 0 saturated carbocycles.